The van der Waals surface area contributed by atoms with E-state index in [1.54, 1.807) is 37.4 Å². The van der Waals surface area contributed by atoms with Crippen molar-refractivity contribution in [2.75, 3.05) is 12.3 Å². The van der Waals surface area contributed by atoms with E-state index in [0.717, 1.165) is 0 Å². The molecule has 2 aromatic rings. The van der Waals surface area contributed by atoms with Crippen LogP contribution in [0.4, 0.5) is 5.69 Å². The van der Waals surface area contributed by atoms with Crippen molar-refractivity contribution in [2.45, 2.75) is 13.5 Å². The summed E-state index contributed by atoms with van der Waals surface area (Å²) in [5, 5.41) is 2.65. The Morgan fingerprint density at radius 3 is 2.79 bits per heavy atom. The summed E-state index contributed by atoms with van der Waals surface area (Å²) >= 11 is 0. The zero-order valence-electron chi connectivity index (χ0n) is 10.6. The highest BCUT2D eigenvalue weighted by Crippen LogP contribution is 2.12. The monoisotopic (exact) mass is 261 g/mol. The zero-order chi connectivity index (χ0) is 13.7. The SMILES string of the molecule is Cc1cnc(CNC(=O)COc2ccc(N)cc2)o1. The molecule has 1 amide bonds. The maximum Gasteiger partial charge on any atom is 0.258 e. The van der Waals surface area contributed by atoms with E-state index < -0.39 is 0 Å². The lowest BCUT2D eigenvalue weighted by Crippen LogP contribution is -2.28. The Bertz CT molecular complexity index is 549. The quantitative estimate of drug-likeness (QED) is 0.791. The molecular weight excluding hydrogens is 246 g/mol. The number of aromatic nitrogens is 1. The summed E-state index contributed by atoms with van der Waals surface area (Å²) in [5.74, 6) is 1.53. The third kappa shape index (κ3) is 4.02. The summed E-state index contributed by atoms with van der Waals surface area (Å²) in [6, 6.07) is 6.84. The minimum atomic E-state index is -0.243. The lowest BCUT2D eigenvalue weighted by molar-refractivity contribution is -0.123. The van der Waals surface area contributed by atoms with E-state index >= 15 is 0 Å². The minimum Gasteiger partial charge on any atom is -0.484 e. The van der Waals surface area contributed by atoms with Gasteiger partial charge in [-0.3, -0.25) is 4.79 Å². The van der Waals surface area contributed by atoms with E-state index in [2.05, 4.69) is 10.3 Å². The summed E-state index contributed by atoms with van der Waals surface area (Å²) in [7, 11) is 0. The number of carbonyl (C=O) groups is 1. The van der Waals surface area contributed by atoms with Crippen LogP contribution < -0.4 is 15.8 Å². The Kier molecular flexibility index (Phi) is 4.02. The second-order valence-electron chi connectivity index (χ2n) is 4.00. The van der Waals surface area contributed by atoms with Crippen molar-refractivity contribution in [1.29, 1.82) is 0 Å². The molecule has 0 fully saturated rings. The Morgan fingerprint density at radius 2 is 2.16 bits per heavy atom. The molecule has 0 aliphatic heterocycles. The average molecular weight is 261 g/mol. The fourth-order valence-corrected chi connectivity index (χ4v) is 1.42. The van der Waals surface area contributed by atoms with Crippen LogP contribution in [0.2, 0.25) is 0 Å². The van der Waals surface area contributed by atoms with Gasteiger partial charge in [0, 0.05) is 5.69 Å². The predicted octanol–water partition coefficient (Wildman–Crippen LogP) is 1.26. The lowest BCUT2D eigenvalue weighted by atomic mass is 10.3. The van der Waals surface area contributed by atoms with Crippen LogP contribution >= 0.6 is 0 Å². The van der Waals surface area contributed by atoms with E-state index in [-0.39, 0.29) is 19.1 Å². The molecular formula is C13H15N3O3. The molecule has 0 saturated heterocycles. The average Bonchev–Trinajstić information content (AvgIpc) is 2.81. The normalized spacial score (nSPS) is 10.2. The highest BCUT2D eigenvalue weighted by atomic mass is 16.5. The van der Waals surface area contributed by atoms with Crippen LogP contribution in [0, 0.1) is 6.92 Å². The van der Waals surface area contributed by atoms with Crippen molar-refractivity contribution in [3.63, 3.8) is 0 Å². The summed E-state index contributed by atoms with van der Waals surface area (Å²) in [5.41, 5.74) is 6.19. The van der Waals surface area contributed by atoms with Crippen molar-refractivity contribution in [1.82, 2.24) is 10.3 Å². The number of nitrogens with two attached hydrogens (primary N) is 1. The number of nitrogens with zero attached hydrogens (tertiary/aromatic N) is 1. The predicted molar refractivity (Wildman–Crippen MR) is 69.4 cm³/mol. The number of benzene rings is 1. The van der Waals surface area contributed by atoms with Gasteiger partial charge in [0.05, 0.1) is 12.7 Å². The number of oxazole rings is 1. The molecule has 0 aliphatic carbocycles. The van der Waals surface area contributed by atoms with Gasteiger partial charge in [-0.05, 0) is 31.2 Å². The van der Waals surface area contributed by atoms with Gasteiger partial charge in [0.15, 0.2) is 6.61 Å². The first kappa shape index (κ1) is 12.9. The maximum absolute atomic E-state index is 11.5. The first-order chi connectivity index (χ1) is 9.13. The highest BCUT2D eigenvalue weighted by molar-refractivity contribution is 5.77. The van der Waals surface area contributed by atoms with Gasteiger partial charge < -0.3 is 20.2 Å². The van der Waals surface area contributed by atoms with Gasteiger partial charge in [-0.15, -0.1) is 0 Å². The molecule has 0 saturated carbocycles. The molecule has 2 rings (SSSR count). The van der Waals surface area contributed by atoms with Gasteiger partial charge in [-0.1, -0.05) is 0 Å². The van der Waals surface area contributed by atoms with Crippen molar-refractivity contribution in [3.05, 3.63) is 42.1 Å². The first-order valence-corrected chi connectivity index (χ1v) is 5.80. The molecule has 0 unspecified atom stereocenters. The number of anilines is 1. The second-order valence-corrected chi connectivity index (χ2v) is 4.00. The number of nitrogens with one attached hydrogen (secondary N) is 1. The summed E-state index contributed by atoms with van der Waals surface area (Å²) in [6.45, 7) is 1.98. The number of ether oxygens (including phenoxy) is 1. The Morgan fingerprint density at radius 1 is 1.42 bits per heavy atom. The lowest BCUT2D eigenvalue weighted by Gasteiger charge is -2.06. The molecule has 19 heavy (non-hydrogen) atoms. The largest absolute Gasteiger partial charge is 0.484 e. The van der Waals surface area contributed by atoms with Crippen LogP contribution in [0.5, 0.6) is 5.75 Å². The van der Waals surface area contributed by atoms with Gasteiger partial charge in [0.1, 0.15) is 11.5 Å². The molecule has 0 atom stereocenters. The van der Waals surface area contributed by atoms with Gasteiger partial charge in [0.25, 0.3) is 5.91 Å². The molecule has 1 aromatic carbocycles. The van der Waals surface area contributed by atoms with E-state index in [0.29, 0.717) is 23.1 Å². The Balaban J connectivity index is 1.74. The standard InChI is InChI=1S/C13H15N3O3/c1-9-6-16-13(19-9)7-15-12(17)8-18-11-4-2-10(14)3-5-11/h2-6H,7-8,14H2,1H3,(H,15,17). The molecule has 1 heterocycles. The smallest absolute Gasteiger partial charge is 0.258 e. The molecule has 6 nitrogen and oxygen atoms in total. The number of nitrogen functional groups attached to an aromatic ring is 1. The Hall–Kier alpha value is -2.50. The van der Waals surface area contributed by atoms with E-state index in [1.807, 2.05) is 0 Å². The molecule has 6 heteroatoms. The molecule has 3 N–H and O–H groups in total. The van der Waals surface area contributed by atoms with Crippen LogP contribution in [0.15, 0.2) is 34.9 Å². The summed E-state index contributed by atoms with van der Waals surface area (Å²) in [4.78, 5) is 15.5. The first-order valence-electron chi connectivity index (χ1n) is 5.80. The van der Waals surface area contributed by atoms with Crippen molar-refractivity contribution in [3.8, 4) is 5.75 Å². The second kappa shape index (κ2) is 5.90. The molecule has 0 spiro atoms. The highest BCUT2D eigenvalue weighted by Gasteiger charge is 2.05. The van der Waals surface area contributed by atoms with Crippen LogP contribution in [0.3, 0.4) is 0 Å². The summed E-state index contributed by atoms with van der Waals surface area (Å²) in [6.07, 6.45) is 1.60. The summed E-state index contributed by atoms with van der Waals surface area (Å²) < 4.78 is 10.5. The zero-order valence-corrected chi connectivity index (χ0v) is 10.6. The molecule has 1 aromatic heterocycles. The minimum absolute atomic E-state index is 0.0659. The number of hydrogen-bond donors (Lipinski definition) is 2. The number of amides is 1. The van der Waals surface area contributed by atoms with Crippen molar-refractivity contribution in [2.24, 2.45) is 0 Å². The van der Waals surface area contributed by atoms with Crippen LogP contribution in [-0.2, 0) is 11.3 Å². The topological polar surface area (TPSA) is 90.4 Å². The number of hydrogen-bond acceptors (Lipinski definition) is 5. The number of carbonyl (C=O) groups excluding carboxylic acids is 1. The van der Waals surface area contributed by atoms with Crippen LogP contribution in [0.25, 0.3) is 0 Å². The number of rotatable bonds is 5. The van der Waals surface area contributed by atoms with E-state index in [9.17, 15) is 4.79 Å². The maximum atomic E-state index is 11.5. The fraction of sp³-hybridized carbons (Fsp3) is 0.231. The molecule has 0 bridgehead atoms. The van der Waals surface area contributed by atoms with Crippen LogP contribution in [0.1, 0.15) is 11.7 Å². The third-order valence-electron chi connectivity index (χ3n) is 2.36. The van der Waals surface area contributed by atoms with Gasteiger partial charge >= 0.3 is 0 Å². The fourth-order valence-electron chi connectivity index (χ4n) is 1.42. The van der Waals surface area contributed by atoms with Gasteiger partial charge in [-0.25, -0.2) is 4.98 Å². The van der Waals surface area contributed by atoms with E-state index in [4.69, 9.17) is 14.9 Å². The van der Waals surface area contributed by atoms with Gasteiger partial charge in [0.2, 0.25) is 5.89 Å². The molecule has 100 valence electrons. The molecule has 0 radical (unpaired) electrons. The van der Waals surface area contributed by atoms with Crippen molar-refractivity contribution < 1.29 is 13.9 Å². The van der Waals surface area contributed by atoms with Crippen LogP contribution in [-0.4, -0.2) is 17.5 Å². The van der Waals surface area contributed by atoms with Crippen molar-refractivity contribution >= 4 is 11.6 Å². The molecule has 0 aliphatic rings. The van der Waals surface area contributed by atoms with Gasteiger partial charge in [-0.2, -0.15) is 0 Å². The number of aryl methyl sites for hydroxylation is 1. The third-order valence-corrected chi connectivity index (χ3v) is 2.36. The Labute approximate surface area is 110 Å². The van der Waals surface area contributed by atoms with E-state index in [1.165, 1.54) is 0 Å².